The zero-order valence-corrected chi connectivity index (χ0v) is 20.5. The predicted molar refractivity (Wildman–Crippen MR) is 131 cm³/mol. The van der Waals surface area contributed by atoms with Crippen LogP contribution in [0.1, 0.15) is 45.6 Å². The van der Waals surface area contributed by atoms with Crippen molar-refractivity contribution in [1.29, 1.82) is 0 Å². The van der Waals surface area contributed by atoms with E-state index in [0.29, 0.717) is 24.9 Å². The Kier molecular flexibility index (Phi) is 9.19. The molecule has 3 rings (SSSR count). The Hall–Kier alpha value is -2.77. The minimum atomic E-state index is -0.776. The van der Waals surface area contributed by atoms with Gasteiger partial charge in [0.1, 0.15) is 11.5 Å². The number of aromatic nitrogens is 2. The van der Waals surface area contributed by atoms with Gasteiger partial charge in [-0.3, -0.25) is 4.90 Å². The van der Waals surface area contributed by atoms with Crippen LogP contribution in [0.15, 0.2) is 48.5 Å². The van der Waals surface area contributed by atoms with E-state index in [9.17, 15) is 13.9 Å². The second kappa shape index (κ2) is 12.1. The van der Waals surface area contributed by atoms with E-state index < -0.39 is 17.7 Å². The molecule has 0 aliphatic heterocycles. The maximum Gasteiger partial charge on any atom is 0.222 e. The summed E-state index contributed by atoms with van der Waals surface area (Å²) in [5, 5.41) is 15.3. The Morgan fingerprint density at radius 2 is 1.82 bits per heavy atom. The Bertz CT molecular complexity index is 1050. The van der Waals surface area contributed by atoms with Gasteiger partial charge in [-0.2, -0.15) is 5.10 Å². The van der Waals surface area contributed by atoms with Crippen LogP contribution in [-0.2, 0) is 13.6 Å². The van der Waals surface area contributed by atoms with E-state index in [4.69, 9.17) is 9.84 Å². The highest BCUT2D eigenvalue weighted by atomic mass is 19.1. The van der Waals surface area contributed by atoms with E-state index >= 15 is 0 Å². The number of benzene rings is 2. The van der Waals surface area contributed by atoms with Crippen LogP contribution >= 0.6 is 0 Å². The van der Waals surface area contributed by atoms with Gasteiger partial charge >= 0.3 is 0 Å². The number of hydrogen-bond donors (Lipinski definition) is 1. The molecule has 0 spiro atoms. The molecule has 0 saturated heterocycles. The molecule has 0 radical (unpaired) electrons. The summed E-state index contributed by atoms with van der Waals surface area (Å²) in [7, 11) is 1.75. The Morgan fingerprint density at radius 3 is 2.47 bits per heavy atom. The van der Waals surface area contributed by atoms with Gasteiger partial charge in [0.15, 0.2) is 11.6 Å². The van der Waals surface area contributed by atoms with Gasteiger partial charge in [-0.25, -0.2) is 13.5 Å². The quantitative estimate of drug-likeness (QED) is 0.343. The van der Waals surface area contributed by atoms with Crippen molar-refractivity contribution >= 4 is 0 Å². The largest absolute Gasteiger partial charge is 0.436 e. The molecule has 1 atom stereocenters. The molecular formula is C27H35F2N3O2. The third-order valence-corrected chi connectivity index (χ3v) is 5.60. The van der Waals surface area contributed by atoms with Gasteiger partial charge in [-0.15, -0.1) is 0 Å². The van der Waals surface area contributed by atoms with Crippen molar-refractivity contribution in [3.8, 4) is 22.9 Å². The lowest BCUT2D eigenvalue weighted by Crippen LogP contribution is -2.35. The van der Waals surface area contributed by atoms with Crippen LogP contribution in [0, 0.1) is 17.6 Å². The number of ether oxygens (including phenoxy) is 1. The standard InChI is InChI=1S/C27H35F2N3O2/c1-5-6-12-22(33)17-32(16-19(2)3)18-23-26(20-10-8-7-9-11-20)30-31(4)27(23)34-25-14-13-21(28)15-24(25)29/h7-11,13-15,19,22,33H,5-6,12,16-18H2,1-4H3/t22-/m0/s1. The van der Waals surface area contributed by atoms with Gasteiger partial charge in [0.05, 0.1) is 11.7 Å². The van der Waals surface area contributed by atoms with Gasteiger partial charge in [-0.05, 0) is 24.5 Å². The fourth-order valence-electron chi connectivity index (χ4n) is 4.09. The SMILES string of the molecule is CCCC[C@H](O)CN(Cc1c(-c2ccccc2)nn(C)c1Oc1ccc(F)cc1F)CC(C)C. The zero-order valence-electron chi connectivity index (χ0n) is 20.5. The molecule has 2 aromatic carbocycles. The van der Waals surface area contributed by atoms with Crippen molar-refractivity contribution in [2.45, 2.75) is 52.7 Å². The van der Waals surface area contributed by atoms with Crippen LogP contribution in [0.25, 0.3) is 11.3 Å². The predicted octanol–water partition coefficient (Wildman–Crippen LogP) is 6.17. The topological polar surface area (TPSA) is 50.5 Å². The summed E-state index contributed by atoms with van der Waals surface area (Å²) in [5.74, 6) is -0.731. The number of rotatable bonds is 12. The van der Waals surface area contributed by atoms with E-state index in [1.54, 1.807) is 11.7 Å². The molecule has 7 heteroatoms. The minimum absolute atomic E-state index is 0.0661. The highest BCUT2D eigenvalue weighted by molar-refractivity contribution is 5.65. The third-order valence-electron chi connectivity index (χ3n) is 5.60. The average molecular weight is 472 g/mol. The van der Waals surface area contributed by atoms with Crippen molar-refractivity contribution < 1.29 is 18.6 Å². The molecule has 0 fully saturated rings. The molecule has 1 aromatic heterocycles. The Morgan fingerprint density at radius 1 is 1.09 bits per heavy atom. The number of unbranched alkanes of at least 4 members (excludes halogenated alkanes) is 1. The van der Waals surface area contributed by atoms with E-state index in [1.165, 1.54) is 12.1 Å². The number of nitrogens with zero attached hydrogens (tertiary/aromatic N) is 3. The monoisotopic (exact) mass is 471 g/mol. The van der Waals surface area contributed by atoms with E-state index in [-0.39, 0.29) is 5.75 Å². The van der Waals surface area contributed by atoms with Gasteiger partial charge in [0.2, 0.25) is 5.88 Å². The fourth-order valence-corrected chi connectivity index (χ4v) is 4.09. The fraction of sp³-hybridized carbons (Fsp3) is 0.444. The first-order chi connectivity index (χ1) is 16.3. The van der Waals surface area contributed by atoms with Gasteiger partial charge in [-0.1, -0.05) is 63.9 Å². The van der Waals surface area contributed by atoms with Crippen LogP contribution < -0.4 is 4.74 Å². The molecule has 0 saturated carbocycles. The first-order valence-corrected chi connectivity index (χ1v) is 11.9. The maximum atomic E-state index is 14.4. The lowest BCUT2D eigenvalue weighted by atomic mass is 10.1. The molecule has 0 aliphatic rings. The number of aryl methyl sites for hydroxylation is 1. The zero-order chi connectivity index (χ0) is 24.7. The minimum Gasteiger partial charge on any atom is -0.436 e. The molecule has 5 nitrogen and oxygen atoms in total. The van der Waals surface area contributed by atoms with Gasteiger partial charge < -0.3 is 9.84 Å². The summed E-state index contributed by atoms with van der Waals surface area (Å²) >= 11 is 0. The first kappa shape index (κ1) is 25.8. The van der Waals surface area contributed by atoms with Crippen molar-refractivity contribution in [1.82, 2.24) is 14.7 Å². The second-order valence-corrected chi connectivity index (χ2v) is 9.18. The van der Waals surface area contributed by atoms with Crippen molar-refractivity contribution in [2.24, 2.45) is 13.0 Å². The summed E-state index contributed by atoms with van der Waals surface area (Å²) in [6.07, 6.45) is 2.31. The number of aliphatic hydroxyl groups excluding tert-OH is 1. The van der Waals surface area contributed by atoms with Crippen LogP contribution in [0.5, 0.6) is 11.6 Å². The summed E-state index contributed by atoms with van der Waals surface area (Å²) < 4.78 is 35.4. The summed E-state index contributed by atoms with van der Waals surface area (Å²) in [4.78, 5) is 2.20. The van der Waals surface area contributed by atoms with Crippen LogP contribution in [0.2, 0.25) is 0 Å². The maximum absolute atomic E-state index is 14.4. The van der Waals surface area contributed by atoms with Gasteiger partial charge in [0.25, 0.3) is 0 Å². The lowest BCUT2D eigenvalue weighted by molar-refractivity contribution is 0.0929. The normalized spacial score (nSPS) is 12.5. The van der Waals surface area contributed by atoms with Crippen molar-refractivity contribution in [2.75, 3.05) is 13.1 Å². The van der Waals surface area contributed by atoms with Crippen molar-refractivity contribution in [3.05, 3.63) is 65.7 Å². The molecule has 0 aliphatic carbocycles. The number of halogens is 2. The van der Waals surface area contributed by atoms with Crippen LogP contribution in [0.3, 0.4) is 0 Å². The van der Waals surface area contributed by atoms with E-state index in [2.05, 4.69) is 25.7 Å². The molecule has 0 amide bonds. The number of hydrogen-bond acceptors (Lipinski definition) is 4. The molecule has 34 heavy (non-hydrogen) atoms. The molecular weight excluding hydrogens is 436 g/mol. The average Bonchev–Trinajstić information content (AvgIpc) is 3.09. The number of aliphatic hydroxyl groups is 1. The molecule has 0 bridgehead atoms. The molecule has 1 N–H and O–H groups in total. The second-order valence-electron chi connectivity index (χ2n) is 9.18. The lowest BCUT2D eigenvalue weighted by Gasteiger charge is -2.27. The van der Waals surface area contributed by atoms with Gasteiger partial charge in [0, 0.05) is 38.3 Å². The van der Waals surface area contributed by atoms with E-state index in [0.717, 1.165) is 48.7 Å². The van der Waals surface area contributed by atoms with Crippen molar-refractivity contribution in [3.63, 3.8) is 0 Å². The smallest absolute Gasteiger partial charge is 0.222 e. The summed E-state index contributed by atoms with van der Waals surface area (Å²) in [5.41, 5.74) is 2.44. The molecule has 3 aromatic rings. The first-order valence-electron chi connectivity index (χ1n) is 11.9. The highest BCUT2D eigenvalue weighted by Gasteiger charge is 2.24. The van der Waals surface area contributed by atoms with Crippen LogP contribution in [-0.4, -0.2) is 39.0 Å². The molecule has 184 valence electrons. The van der Waals surface area contributed by atoms with E-state index in [1.807, 2.05) is 30.3 Å². The summed E-state index contributed by atoms with van der Waals surface area (Å²) in [6.45, 7) is 8.15. The third kappa shape index (κ3) is 6.87. The highest BCUT2D eigenvalue weighted by Crippen LogP contribution is 2.35. The molecule has 0 unspecified atom stereocenters. The molecule has 1 heterocycles. The Balaban J connectivity index is 2.00. The Labute approximate surface area is 201 Å². The summed E-state index contributed by atoms with van der Waals surface area (Å²) in [6, 6.07) is 13.0. The van der Waals surface area contributed by atoms with Crippen LogP contribution in [0.4, 0.5) is 8.78 Å².